The van der Waals surface area contributed by atoms with E-state index in [-0.39, 0.29) is 5.56 Å². The largest absolute Gasteiger partial charge is 0.394 e. The van der Waals surface area contributed by atoms with Crippen LogP contribution >= 0.6 is 15.9 Å². The average Bonchev–Trinajstić information content (AvgIpc) is 2.70. The van der Waals surface area contributed by atoms with Crippen LogP contribution in [0.5, 0.6) is 0 Å². The van der Waals surface area contributed by atoms with Crippen LogP contribution in [0.4, 0.5) is 0 Å². The molecule has 0 bridgehead atoms. The van der Waals surface area contributed by atoms with Crippen LogP contribution in [0.1, 0.15) is 11.8 Å². The van der Waals surface area contributed by atoms with E-state index in [1.165, 1.54) is 17.3 Å². The number of aromatic nitrogens is 2. The molecule has 1 aromatic rings. The second-order valence-corrected chi connectivity index (χ2v) is 4.80. The highest BCUT2D eigenvalue weighted by atomic mass is 79.9. The van der Waals surface area contributed by atoms with Gasteiger partial charge >= 0.3 is 5.69 Å². The van der Waals surface area contributed by atoms with Crippen LogP contribution in [0.2, 0.25) is 0 Å². The number of halogens is 1. The van der Waals surface area contributed by atoms with E-state index in [2.05, 4.69) is 20.9 Å². The van der Waals surface area contributed by atoms with E-state index < -0.39 is 42.4 Å². The standard InChI is InChI=1S/C11H13BrN2O6/c12-2-1-5-3-14(11(19)13-9(5)18)10-8(17)7(16)6(4-15)20-10/h1-3,6-8,10,15-17H,4H2,(H,13,18,19)/b2-1+/t6-,7?,8+,10-/m1/s1. The van der Waals surface area contributed by atoms with Gasteiger partial charge in [-0.15, -0.1) is 0 Å². The van der Waals surface area contributed by atoms with Crippen molar-refractivity contribution in [1.29, 1.82) is 0 Å². The van der Waals surface area contributed by atoms with Gasteiger partial charge in [0.2, 0.25) is 0 Å². The molecule has 9 heteroatoms. The van der Waals surface area contributed by atoms with E-state index in [9.17, 15) is 19.8 Å². The van der Waals surface area contributed by atoms with Crippen LogP contribution < -0.4 is 11.2 Å². The highest BCUT2D eigenvalue weighted by Crippen LogP contribution is 2.27. The molecular formula is C11H13BrN2O6. The van der Waals surface area contributed by atoms with Crippen LogP contribution in [0.15, 0.2) is 20.8 Å². The summed E-state index contributed by atoms with van der Waals surface area (Å²) in [5.41, 5.74) is -1.20. The molecule has 1 aliphatic rings. The number of aliphatic hydroxyl groups excluding tert-OH is 3. The molecule has 4 N–H and O–H groups in total. The molecule has 1 fully saturated rings. The minimum absolute atomic E-state index is 0.166. The summed E-state index contributed by atoms with van der Waals surface area (Å²) >= 11 is 3.01. The maximum absolute atomic E-state index is 11.8. The molecule has 2 heterocycles. The number of ether oxygens (including phenoxy) is 1. The number of nitrogens with zero attached hydrogens (tertiary/aromatic N) is 1. The highest BCUT2D eigenvalue weighted by molar-refractivity contribution is 9.11. The first kappa shape index (κ1) is 15.1. The Morgan fingerprint density at radius 2 is 2.10 bits per heavy atom. The molecule has 1 unspecified atom stereocenters. The lowest BCUT2D eigenvalue weighted by atomic mass is 10.1. The summed E-state index contributed by atoms with van der Waals surface area (Å²) in [4.78, 5) is 26.8. The van der Waals surface area contributed by atoms with Crippen LogP contribution in [0.25, 0.3) is 6.08 Å². The molecule has 0 spiro atoms. The van der Waals surface area contributed by atoms with Gasteiger partial charge in [0.05, 0.1) is 12.2 Å². The van der Waals surface area contributed by atoms with Gasteiger partial charge in [0.25, 0.3) is 5.56 Å². The van der Waals surface area contributed by atoms with Crippen molar-refractivity contribution in [2.24, 2.45) is 0 Å². The third-order valence-electron chi connectivity index (χ3n) is 3.03. The third-order valence-corrected chi connectivity index (χ3v) is 3.29. The van der Waals surface area contributed by atoms with Gasteiger partial charge < -0.3 is 20.1 Å². The fourth-order valence-electron chi connectivity index (χ4n) is 1.99. The van der Waals surface area contributed by atoms with Crippen molar-refractivity contribution in [1.82, 2.24) is 9.55 Å². The topological polar surface area (TPSA) is 125 Å². The summed E-state index contributed by atoms with van der Waals surface area (Å²) in [5.74, 6) is 0. The van der Waals surface area contributed by atoms with Crippen molar-refractivity contribution in [2.45, 2.75) is 24.5 Å². The van der Waals surface area contributed by atoms with E-state index >= 15 is 0 Å². The Morgan fingerprint density at radius 3 is 2.65 bits per heavy atom. The maximum atomic E-state index is 11.8. The summed E-state index contributed by atoms with van der Waals surface area (Å²) in [7, 11) is 0. The van der Waals surface area contributed by atoms with Gasteiger partial charge in [-0.1, -0.05) is 15.9 Å². The monoisotopic (exact) mass is 348 g/mol. The average molecular weight is 349 g/mol. The Morgan fingerprint density at radius 1 is 1.40 bits per heavy atom. The first-order valence-corrected chi connectivity index (χ1v) is 6.66. The summed E-state index contributed by atoms with van der Waals surface area (Å²) in [6.45, 7) is -0.499. The number of hydrogen-bond acceptors (Lipinski definition) is 6. The molecule has 8 nitrogen and oxygen atoms in total. The van der Waals surface area contributed by atoms with Crippen molar-refractivity contribution in [3.05, 3.63) is 37.6 Å². The Labute approximate surface area is 121 Å². The van der Waals surface area contributed by atoms with E-state index in [0.717, 1.165) is 4.57 Å². The Hall–Kier alpha value is -1.26. The first-order valence-electron chi connectivity index (χ1n) is 5.74. The second kappa shape index (κ2) is 6.02. The van der Waals surface area contributed by atoms with Crippen LogP contribution in [-0.2, 0) is 4.74 Å². The fourth-order valence-corrected chi connectivity index (χ4v) is 2.27. The van der Waals surface area contributed by atoms with E-state index in [4.69, 9.17) is 9.84 Å². The number of rotatable bonds is 3. The van der Waals surface area contributed by atoms with Gasteiger partial charge in [0.15, 0.2) is 6.23 Å². The lowest BCUT2D eigenvalue weighted by Crippen LogP contribution is -2.38. The molecule has 0 aromatic carbocycles. The molecule has 20 heavy (non-hydrogen) atoms. The lowest BCUT2D eigenvalue weighted by molar-refractivity contribution is -0.0550. The van der Waals surface area contributed by atoms with Gasteiger partial charge in [-0.25, -0.2) is 4.79 Å². The molecule has 4 atom stereocenters. The number of aliphatic hydroxyl groups is 3. The Bertz CT molecular complexity index is 624. The molecule has 2 rings (SSSR count). The van der Waals surface area contributed by atoms with Gasteiger partial charge in [-0.3, -0.25) is 14.3 Å². The number of aromatic amines is 1. The predicted molar refractivity (Wildman–Crippen MR) is 72.3 cm³/mol. The zero-order chi connectivity index (χ0) is 14.9. The van der Waals surface area contributed by atoms with Gasteiger partial charge in [0, 0.05) is 6.20 Å². The molecule has 0 radical (unpaired) electrons. The first-order chi connectivity index (χ1) is 9.49. The van der Waals surface area contributed by atoms with Crippen LogP contribution in [0.3, 0.4) is 0 Å². The molecule has 1 aliphatic heterocycles. The van der Waals surface area contributed by atoms with Crippen molar-refractivity contribution in [2.75, 3.05) is 6.61 Å². The summed E-state index contributed by atoms with van der Waals surface area (Å²) < 4.78 is 6.20. The van der Waals surface area contributed by atoms with Crippen LogP contribution in [-0.4, -0.2) is 49.8 Å². The zero-order valence-electron chi connectivity index (χ0n) is 10.1. The molecule has 110 valence electrons. The lowest BCUT2D eigenvalue weighted by Gasteiger charge is -2.17. The smallest absolute Gasteiger partial charge is 0.330 e. The zero-order valence-corrected chi connectivity index (χ0v) is 11.7. The fraction of sp³-hybridized carbons (Fsp3) is 0.455. The number of H-pyrrole nitrogens is 1. The van der Waals surface area contributed by atoms with Crippen molar-refractivity contribution in [3.8, 4) is 0 Å². The van der Waals surface area contributed by atoms with E-state index in [1.54, 1.807) is 0 Å². The van der Waals surface area contributed by atoms with Crippen LogP contribution in [0, 0.1) is 0 Å². The van der Waals surface area contributed by atoms with Crippen molar-refractivity contribution < 1.29 is 20.1 Å². The summed E-state index contributed by atoms with van der Waals surface area (Å²) in [6.07, 6.45) is -2.27. The normalized spacial score (nSPS) is 30.2. The molecule has 0 aliphatic carbocycles. The van der Waals surface area contributed by atoms with Gasteiger partial charge in [0.1, 0.15) is 18.3 Å². The molecule has 1 saturated heterocycles. The van der Waals surface area contributed by atoms with Crippen molar-refractivity contribution >= 4 is 22.0 Å². The second-order valence-electron chi connectivity index (χ2n) is 4.27. The minimum Gasteiger partial charge on any atom is -0.394 e. The quantitative estimate of drug-likeness (QED) is 0.527. The third kappa shape index (κ3) is 2.63. The molecule has 0 saturated carbocycles. The van der Waals surface area contributed by atoms with Gasteiger partial charge in [-0.2, -0.15) is 0 Å². The van der Waals surface area contributed by atoms with Gasteiger partial charge in [-0.05, 0) is 11.1 Å². The SMILES string of the molecule is O=c1[nH]c(=O)n([C@@H]2O[C@H](CO)C(O)[C@@H]2O)cc1/C=C/Br. The summed E-state index contributed by atoms with van der Waals surface area (Å²) in [6, 6.07) is 0. The number of nitrogens with one attached hydrogen (secondary N) is 1. The van der Waals surface area contributed by atoms with E-state index in [0.29, 0.717) is 0 Å². The molecule has 1 aromatic heterocycles. The molecule has 0 amide bonds. The Balaban J connectivity index is 2.46. The Kier molecular flexibility index (Phi) is 4.55. The number of hydrogen-bond donors (Lipinski definition) is 4. The van der Waals surface area contributed by atoms with Crippen molar-refractivity contribution in [3.63, 3.8) is 0 Å². The minimum atomic E-state index is -1.39. The highest BCUT2D eigenvalue weighted by Gasteiger charge is 2.43. The summed E-state index contributed by atoms with van der Waals surface area (Å²) in [5, 5.41) is 28.5. The maximum Gasteiger partial charge on any atom is 0.330 e. The predicted octanol–water partition coefficient (Wildman–Crippen LogP) is -1.49. The van der Waals surface area contributed by atoms with E-state index in [1.807, 2.05) is 0 Å². The molecular weight excluding hydrogens is 336 g/mol.